The number of nitrogens with zero attached hydrogens (tertiary/aromatic N) is 2. The quantitative estimate of drug-likeness (QED) is 0.932. The minimum atomic E-state index is -0.00113. The Hall–Kier alpha value is -1.20. The molecule has 20 heavy (non-hydrogen) atoms. The van der Waals surface area contributed by atoms with Gasteiger partial charge in [0.1, 0.15) is 0 Å². The van der Waals surface area contributed by atoms with Gasteiger partial charge in [0.25, 0.3) is 0 Å². The number of hydrogen-bond donors (Lipinski definition) is 1. The van der Waals surface area contributed by atoms with Gasteiger partial charge >= 0.3 is 0 Å². The molecule has 1 fully saturated rings. The second-order valence-electron chi connectivity index (χ2n) is 5.34. The zero-order chi connectivity index (χ0) is 14.0. The van der Waals surface area contributed by atoms with Crippen LogP contribution in [0.25, 0.3) is 11.4 Å². The lowest BCUT2D eigenvalue weighted by Crippen LogP contribution is -2.43. The predicted octanol–water partition coefficient (Wildman–Crippen LogP) is 3.53. The van der Waals surface area contributed by atoms with Crippen LogP contribution in [0.4, 0.5) is 0 Å². The zero-order valence-corrected chi connectivity index (χ0v) is 13.1. The number of piperidine rings is 1. The summed E-state index contributed by atoms with van der Waals surface area (Å²) >= 11 is 3.43. The molecule has 0 amide bonds. The lowest BCUT2D eigenvalue weighted by atomic mass is 9.78. The first-order valence-corrected chi connectivity index (χ1v) is 7.84. The number of halogens is 1. The smallest absolute Gasteiger partial charge is 0.234 e. The van der Waals surface area contributed by atoms with E-state index in [1.807, 2.05) is 24.3 Å². The van der Waals surface area contributed by atoms with Crippen LogP contribution in [0.15, 0.2) is 33.3 Å². The summed E-state index contributed by atoms with van der Waals surface area (Å²) in [6.45, 7) is 4.19. The van der Waals surface area contributed by atoms with E-state index in [2.05, 4.69) is 38.3 Å². The number of rotatable bonds is 3. The summed E-state index contributed by atoms with van der Waals surface area (Å²) in [6.07, 6.45) is 3.28. The average molecular weight is 336 g/mol. The Balaban J connectivity index is 1.91. The third-order valence-corrected chi connectivity index (χ3v) is 4.66. The summed E-state index contributed by atoms with van der Waals surface area (Å²) < 4.78 is 6.62. The third-order valence-electron chi connectivity index (χ3n) is 4.13. The van der Waals surface area contributed by atoms with Crippen molar-refractivity contribution in [2.75, 3.05) is 13.1 Å². The summed E-state index contributed by atoms with van der Waals surface area (Å²) in [4.78, 5) is 4.64. The Morgan fingerprint density at radius 3 is 2.80 bits per heavy atom. The maximum absolute atomic E-state index is 5.57. The Kier molecular flexibility index (Phi) is 3.89. The molecule has 1 unspecified atom stereocenters. The molecule has 0 radical (unpaired) electrons. The van der Waals surface area contributed by atoms with Gasteiger partial charge in [0.2, 0.25) is 11.7 Å². The molecule has 1 atom stereocenters. The average Bonchev–Trinajstić information content (AvgIpc) is 2.99. The van der Waals surface area contributed by atoms with Gasteiger partial charge in [-0.05, 0) is 50.1 Å². The highest BCUT2D eigenvalue weighted by Crippen LogP contribution is 2.34. The SMILES string of the molecule is CCC1(c2nc(-c3ccc(Br)cc3)no2)CCCNC1. The first-order chi connectivity index (χ1) is 9.73. The van der Waals surface area contributed by atoms with Crippen LogP contribution < -0.4 is 5.32 Å². The van der Waals surface area contributed by atoms with Crippen molar-refractivity contribution in [3.05, 3.63) is 34.6 Å². The van der Waals surface area contributed by atoms with Crippen molar-refractivity contribution in [3.8, 4) is 11.4 Å². The Morgan fingerprint density at radius 2 is 2.15 bits per heavy atom. The molecule has 3 rings (SSSR count). The Bertz CT molecular complexity index is 573. The molecule has 2 heterocycles. The van der Waals surface area contributed by atoms with E-state index in [-0.39, 0.29) is 5.41 Å². The minimum Gasteiger partial charge on any atom is -0.338 e. The molecule has 0 aliphatic carbocycles. The molecule has 1 saturated heterocycles. The van der Waals surface area contributed by atoms with Gasteiger partial charge in [-0.1, -0.05) is 28.0 Å². The van der Waals surface area contributed by atoms with Crippen LogP contribution in [0.5, 0.6) is 0 Å². The molecule has 0 spiro atoms. The van der Waals surface area contributed by atoms with Gasteiger partial charge in [0.05, 0.1) is 5.41 Å². The van der Waals surface area contributed by atoms with Gasteiger partial charge in [-0.25, -0.2) is 0 Å². The predicted molar refractivity (Wildman–Crippen MR) is 81.5 cm³/mol. The van der Waals surface area contributed by atoms with E-state index in [9.17, 15) is 0 Å². The van der Waals surface area contributed by atoms with Crippen molar-refractivity contribution < 1.29 is 4.52 Å². The lowest BCUT2D eigenvalue weighted by molar-refractivity contribution is 0.221. The van der Waals surface area contributed by atoms with E-state index in [1.165, 1.54) is 0 Å². The maximum Gasteiger partial charge on any atom is 0.234 e. The highest BCUT2D eigenvalue weighted by atomic mass is 79.9. The second-order valence-corrected chi connectivity index (χ2v) is 6.26. The van der Waals surface area contributed by atoms with E-state index in [1.54, 1.807) is 0 Å². The van der Waals surface area contributed by atoms with Crippen molar-refractivity contribution in [2.45, 2.75) is 31.6 Å². The van der Waals surface area contributed by atoms with Gasteiger partial charge < -0.3 is 9.84 Å². The second kappa shape index (κ2) is 5.66. The summed E-state index contributed by atoms with van der Waals surface area (Å²) in [6, 6.07) is 7.97. The number of aromatic nitrogens is 2. The van der Waals surface area contributed by atoms with Crippen molar-refractivity contribution in [2.24, 2.45) is 0 Å². The summed E-state index contributed by atoms with van der Waals surface area (Å²) in [5, 5.41) is 7.60. The van der Waals surface area contributed by atoms with Crippen LogP contribution in [0.1, 0.15) is 32.1 Å². The van der Waals surface area contributed by atoms with Crippen molar-refractivity contribution in [3.63, 3.8) is 0 Å². The zero-order valence-electron chi connectivity index (χ0n) is 11.5. The summed E-state index contributed by atoms with van der Waals surface area (Å²) in [5.74, 6) is 1.44. The van der Waals surface area contributed by atoms with E-state index < -0.39 is 0 Å². The van der Waals surface area contributed by atoms with Crippen molar-refractivity contribution >= 4 is 15.9 Å². The summed E-state index contributed by atoms with van der Waals surface area (Å²) in [5.41, 5.74) is 0.983. The standard InChI is InChI=1S/C15H18BrN3O/c1-2-15(8-3-9-17-10-15)14-18-13(19-20-14)11-4-6-12(16)7-5-11/h4-7,17H,2-3,8-10H2,1H3. The molecule has 5 heteroatoms. The van der Waals surface area contributed by atoms with Crippen LogP contribution >= 0.6 is 15.9 Å². The van der Waals surface area contributed by atoms with Gasteiger partial charge in [-0.2, -0.15) is 4.98 Å². The molecule has 2 aromatic rings. The van der Waals surface area contributed by atoms with E-state index in [0.717, 1.165) is 48.3 Å². The van der Waals surface area contributed by atoms with Crippen LogP contribution in [-0.4, -0.2) is 23.2 Å². The van der Waals surface area contributed by atoms with E-state index >= 15 is 0 Å². The highest BCUT2D eigenvalue weighted by Gasteiger charge is 2.37. The minimum absolute atomic E-state index is 0.00113. The summed E-state index contributed by atoms with van der Waals surface area (Å²) in [7, 11) is 0. The molecule has 1 aromatic carbocycles. The van der Waals surface area contributed by atoms with Crippen LogP contribution in [0.2, 0.25) is 0 Å². The molecule has 0 saturated carbocycles. The molecule has 1 aliphatic rings. The molecular weight excluding hydrogens is 318 g/mol. The van der Waals surface area contributed by atoms with Gasteiger partial charge in [-0.3, -0.25) is 0 Å². The molecule has 1 aliphatic heterocycles. The highest BCUT2D eigenvalue weighted by molar-refractivity contribution is 9.10. The fourth-order valence-corrected chi connectivity index (χ4v) is 3.02. The van der Waals surface area contributed by atoms with Crippen LogP contribution in [0.3, 0.4) is 0 Å². The maximum atomic E-state index is 5.57. The monoisotopic (exact) mass is 335 g/mol. The molecule has 0 bridgehead atoms. The molecule has 4 nitrogen and oxygen atoms in total. The van der Waals surface area contributed by atoms with Crippen LogP contribution in [-0.2, 0) is 5.41 Å². The molecule has 106 valence electrons. The van der Waals surface area contributed by atoms with Gasteiger partial charge in [0.15, 0.2) is 0 Å². The first-order valence-electron chi connectivity index (χ1n) is 7.04. The number of nitrogens with one attached hydrogen (secondary N) is 1. The van der Waals surface area contributed by atoms with Gasteiger partial charge in [0, 0.05) is 16.6 Å². The van der Waals surface area contributed by atoms with E-state index in [0.29, 0.717) is 5.82 Å². The van der Waals surface area contributed by atoms with Crippen molar-refractivity contribution in [1.29, 1.82) is 0 Å². The molecular formula is C15H18BrN3O. The number of benzene rings is 1. The third kappa shape index (κ3) is 2.52. The number of hydrogen-bond acceptors (Lipinski definition) is 4. The fraction of sp³-hybridized carbons (Fsp3) is 0.467. The first kappa shape index (κ1) is 13.8. The Morgan fingerprint density at radius 1 is 1.35 bits per heavy atom. The van der Waals surface area contributed by atoms with E-state index in [4.69, 9.17) is 4.52 Å². The largest absolute Gasteiger partial charge is 0.338 e. The Labute approximate surface area is 127 Å². The fourth-order valence-electron chi connectivity index (χ4n) is 2.76. The molecule has 1 aromatic heterocycles. The normalized spacial score (nSPS) is 22.9. The van der Waals surface area contributed by atoms with Gasteiger partial charge in [-0.15, -0.1) is 0 Å². The van der Waals surface area contributed by atoms with Crippen LogP contribution in [0, 0.1) is 0 Å². The van der Waals surface area contributed by atoms with Crippen molar-refractivity contribution in [1.82, 2.24) is 15.5 Å². The topological polar surface area (TPSA) is 51.0 Å². The lowest BCUT2D eigenvalue weighted by Gasteiger charge is -2.33. The molecule has 1 N–H and O–H groups in total.